The van der Waals surface area contributed by atoms with E-state index in [0.717, 1.165) is 0 Å². The van der Waals surface area contributed by atoms with Crippen molar-refractivity contribution < 1.29 is 14.7 Å². The first-order chi connectivity index (χ1) is 9.81. The second-order valence-corrected chi connectivity index (χ2v) is 6.07. The van der Waals surface area contributed by atoms with Crippen LogP contribution in [0.5, 0.6) is 5.75 Å². The van der Waals surface area contributed by atoms with Crippen LogP contribution in [-0.2, 0) is 4.79 Å². The van der Waals surface area contributed by atoms with Gasteiger partial charge in [-0.15, -0.1) is 0 Å². The standard InChI is InChI=1S/C14H16Cl2N2O3/c1-7(2)18-4-3-10(14(18)21)17-13(20)12-9(16)5-8(15)6-11(12)19/h5-7,10,19H,3-4H2,1-2H3,(H,17,20). The maximum absolute atomic E-state index is 12.2. The second kappa shape index (κ2) is 6.12. The van der Waals surface area contributed by atoms with Crippen LogP contribution in [-0.4, -0.2) is 40.4 Å². The lowest BCUT2D eigenvalue weighted by atomic mass is 10.1. The van der Waals surface area contributed by atoms with E-state index in [2.05, 4.69) is 5.32 Å². The van der Waals surface area contributed by atoms with Gasteiger partial charge in [-0.2, -0.15) is 0 Å². The van der Waals surface area contributed by atoms with E-state index < -0.39 is 11.9 Å². The average Bonchev–Trinajstić information content (AvgIpc) is 2.69. The zero-order valence-corrected chi connectivity index (χ0v) is 13.2. The lowest BCUT2D eigenvalue weighted by Gasteiger charge is -2.21. The lowest BCUT2D eigenvalue weighted by Crippen LogP contribution is -2.43. The average molecular weight is 331 g/mol. The molecular formula is C14H16Cl2N2O3. The van der Waals surface area contributed by atoms with E-state index in [4.69, 9.17) is 23.2 Å². The Balaban J connectivity index is 2.15. The molecule has 2 N–H and O–H groups in total. The van der Waals surface area contributed by atoms with Crippen LogP contribution in [0.1, 0.15) is 30.6 Å². The quantitative estimate of drug-likeness (QED) is 0.894. The van der Waals surface area contributed by atoms with Crippen molar-refractivity contribution >= 4 is 35.0 Å². The number of nitrogens with zero attached hydrogens (tertiary/aromatic N) is 1. The Morgan fingerprint density at radius 2 is 2.10 bits per heavy atom. The summed E-state index contributed by atoms with van der Waals surface area (Å²) >= 11 is 11.7. The van der Waals surface area contributed by atoms with E-state index in [1.165, 1.54) is 12.1 Å². The van der Waals surface area contributed by atoms with E-state index in [9.17, 15) is 14.7 Å². The van der Waals surface area contributed by atoms with Crippen molar-refractivity contribution in [1.29, 1.82) is 0 Å². The highest BCUT2D eigenvalue weighted by Crippen LogP contribution is 2.30. The minimum Gasteiger partial charge on any atom is -0.507 e. The Morgan fingerprint density at radius 1 is 1.43 bits per heavy atom. The molecular weight excluding hydrogens is 315 g/mol. The van der Waals surface area contributed by atoms with Gasteiger partial charge in [-0.05, 0) is 32.4 Å². The van der Waals surface area contributed by atoms with Gasteiger partial charge in [-0.1, -0.05) is 23.2 Å². The van der Waals surface area contributed by atoms with Crippen molar-refractivity contribution in [2.75, 3.05) is 6.54 Å². The summed E-state index contributed by atoms with van der Waals surface area (Å²) in [6.07, 6.45) is 0.536. The highest BCUT2D eigenvalue weighted by Gasteiger charge is 2.34. The van der Waals surface area contributed by atoms with Gasteiger partial charge in [-0.25, -0.2) is 0 Å². The van der Waals surface area contributed by atoms with Gasteiger partial charge in [-0.3, -0.25) is 9.59 Å². The number of amides is 2. The summed E-state index contributed by atoms with van der Waals surface area (Å²) in [4.78, 5) is 26.0. The van der Waals surface area contributed by atoms with Gasteiger partial charge in [0.25, 0.3) is 5.91 Å². The summed E-state index contributed by atoms with van der Waals surface area (Å²) in [6.45, 7) is 4.44. The topological polar surface area (TPSA) is 69.6 Å². The molecule has 0 aliphatic carbocycles. The number of hydrogen-bond donors (Lipinski definition) is 2. The highest BCUT2D eigenvalue weighted by atomic mass is 35.5. The van der Waals surface area contributed by atoms with Crippen LogP contribution >= 0.6 is 23.2 Å². The first-order valence-electron chi connectivity index (χ1n) is 6.60. The Morgan fingerprint density at radius 3 is 2.62 bits per heavy atom. The lowest BCUT2D eigenvalue weighted by molar-refractivity contribution is -0.130. The number of aromatic hydroxyl groups is 1. The summed E-state index contributed by atoms with van der Waals surface area (Å²) in [7, 11) is 0. The summed E-state index contributed by atoms with van der Waals surface area (Å²) in [5.41, 5.74) is -0.0723. The summed E-state index contributed by atoms with van der Waals surface area (Å²) in [6, 6.07) is 2.10. The van der Waals surface area contributed by atoms with Gasteiger partial charge in [0.05, 0.1) is 10.6 Å². The fraction of sp³-hybridized carbons (Fsp3) is 0.429. The number of carbonyl (C=O) groups is 2. The Bertz CT molecular complexity index is 567. The van der Waals surface area contributed by atoms with Gasteiger partial charge in [0.1, 0.15) is 11.8 Å². The monoisotopic (exact) mass is 330 g/mol. The molecule has 0 saturated carbocycles. The molecule has 1 aromatic carbocycles. The predicted octanol–water partition coefficient (Wildman–Crippen LogP) is 2.44. The fourth-order valence-corrected chi connectivity index (χ4v) is 2.93. The largest absolute Gasteiger partial charge is 0.507 e. The van der Waals surface area contributed by atoms with Crippen LogP contribution in [0.2, 0.25) is 10.0 Å². The molecule has 2 amide bonds. The van der Waals surface area contributed by atoms with Crippen molar-refractivity contribution in [1.82, 2.24) is 10.2 Å². The molecule has 7 heteroatoms. The van der Waals surface area contributed by atoms with Gasteiger partial charge in [0, 0.05) is 17.6 Å². The number of benzene rings is 1. The van der Waals surface area contributed by atoms with Gasteiger partial charge < -0.3 is 15.3 Å². The molecule has 114 valence electrons. The molecule has 1 heterocycles. The molecule has 1 fully saturated rings. The molecule has 0 spiro atoms. The minimum absolute atomic E-state index is 0.0451. The molecule has 1 aliphatic heterocycles. The fourth-order valence-electron chi connectivity index (χ4n) is 2.36. The zero-order valence-electron chi connectivity index (χ0n) is 11.7. The number of carbonyl (C=O) groups excluding carboxylic acids is 2. The van der Waals surface area contributed by atoms with Gasteiger partial charge in [0.2, 0.25) is 5.91 Å². The zero-order chi connectivity index (χ0) is 15.7. The summed E-state index contributed by atoms with van der Waals surface area (Å²) in [5.74, 6) is -1.02. The van der Waals surface area contributed by atoms with Gasteiger partial charge in [0.15, 0.2) is 0 Å². The second-order valence-electron chi connectivity index (χ2n) is 5.22. The van der Waals surface area contributed by atoms with Crippen molar-refractivity contribution in [2.45, 2.75) is 32.4 Å². The number of phenols is 1. The van der Waals surface area contributed by atoms with E-state index >= 15 is 0 Å². The predicted molar refractivity (Wildman–Crippen MR) is 80.8 cm³/mol. The number of nitrogens with one attached hydrogen (secondary N) is 1. The van der Waals surface area contributed by atoms with Crippen molar-refractivity contribution in [3.63, 3.8) is 0 Å². The number of halogens is 2. The third kappa shape index (κ3) is 3.24. The Hall–Kier alpha value is -1.46. The first-order valence-corrected chi connectivity index (χ1v) is 7.36. The number of rotatable bonds is 3. The van der Waals surface area contributed by atoms with Crippen molar-refractivity contribution in [3.8, 4) is 5.75 Å². The maximum atomic E-state index is 12.2. The Kier molecular flexibility index (Phi) is 4.64. The van der Waals surface area contributed by atoms with Crippen LogP contribution in [0, 0.1) is 0 Å². The van der Waals surface area contributed by atoms with Gasteiger partial charge >= 0.3 is 0 Å². The van der Waals surface area contributed by atoms with Crippen molar-refractivity contribution in [3.05, 3.63) is 27.7 Å². The molecule has 21 heavy (non-hydrogen) atoms. The molecule has 2 rings (SSSR count). The molecule has 1 aliphatic rings. The smallest absolute Gasteiger partial charge is 0.257 e. The third-order valence-electron chi connectivity index (χ3n) is 3.43. The number of likely N-dealkylation sites (tertiary alicyclic amines) is 1. The van der Waals surface area contributed by atoms with Crippen molar-refractivity contribution in [2.24, 2.45) is 0 Å². The van der Waals surface area contributed by atoms with E-state index in [-0.39, 0.29) is 33.3 Å². The molecule has 5 nitrogen and oxygen atoms in total. The first kappa shape index (κ1) is 15.9. The van der Waals surface area contributed by atoms with E-state index in [1.54, 1.807) is 4.90 Å². The highest BCUT2D eigenvalue weighted by molar-refractivity contribution is 6.37. The van der Waals surface area contributed by atoms with Crippen LogP contribution in [0.4, 0.5) is 0 Å². The molecule has 0 aromatic heterocycles. The number of phenolic OH excluding ortho intramolecular Hbond substituents is 1. The van der Waals surface area contributed by atoms with E-state index in [0.29, 0.717) is 13.0 Å². The van der Waals surface area contributed by atoms with E-state index in [1.807, 2.05) is 13.8 Å². The normalized spacial score (nSPS) is 18.4. The SMILES string of the molecule is CC(C)N1CCC(NC(=O)c2c(O)cc(Cl)cc2Cl)C1=O. The van der Waals surface area contributed by atoms with Crippen LogP contribution in [0.25, 0.3) is 0 Å². The molecule has 0 bridgehead atoms. The van der Waals surface area contributed by atoms with Crippen LogP contribution in [0.15, 0.2) is 12.1 Å². The summed E-state index contributed by atoms with van der Waals surface area (Å²) < 4.78 is 0. The minimum atomic E-state index is -0.592. The molecule has 0 radical (unpaired) electrons. The Labute approximate surface area is 132 Å². The van der Waals surface area contributed by atoms with Crippen LogP contribution < -0.4 is 5.32 Å². The molecule has 1 aromatic rings. The molecule has 1 unspecified atom stereocenters. The summed E-state index contributed by atoms with van der Waals surface area (Å²) in [5, 5.41) is 12.7. The maximum Gasteiger partial charge on any atom is 0.257 e. The van der Waals surface area contributed by atoms with Crippen LogP contribution in [0.3, 0.4) is 0 Å². The number of hydrogen-bond acceptors (Lipinski definition) is 3. The molecule has 1 saturated heterocycles. The molecule has 1 atom stereocenters. The third-order valence-corrected chi connectivity index (χ3v) is 3.95.